The summed E-state index contributed by atoms with van der Waals surface area (Å²) in [6.45, 7) is 25.6. The van der Waals surface area contributed by atoms with Crippen molar-refractivity contribution in [1.29, 1.82) is 0 Å². The van der Waals surface area contributed by atoms with Gasteiger partial charge >= 0.3 is 23.6 Å². The summed E-state index contributed by atoms with van der Waals surface area (Å²) < 4.78 is 64.9. The number of piperazine rings is 4. The highest BCUT2D eigenvalue weighted by molar-refractivity contribution is 7.23. The number of carbonyl (C=O) groups is 4. The topological polar surface area (TPSA) is 433 Å². The van der Waals surface area contributed by atoms with Crippen LogP contribution in [0.3, 0.4) is 0 Å². The number of carbonyl (C=O) groups excluding carboxylic acids is 4. The Morgan fingerprint density at radius 2 is 0.872 bits per heavy atom. The highest BCUT2D eigenvalue weighted by atomic mass is 35.5. The van der Waals surface area contributed by atoms with Crippen molar-refractivity contribution in [2.45, 2.75) is 117 Å². The van der Waals surface area contributed by atoms with E-state index in [1.165, 1.54) is 113 Å². The van der Waals surface area contributed by atoms with Gasteiger partial charge in [0.25, 0.3) is 5.69 Å². The standard InChI is InChI=1S/2C18H18ClFN6OS.C14H8FN3O4S.2C10H15ClN4.C7H10ClNO4.C7H5FN2S/c1-10-7-15(23-24-16(10)19)25-5-6-26(11(2)9-25)18(27)22-17-21-13-4-3-12(20)8-14(13)28-17;1-10-7-15(19)23-24-16(10)25-5-6-26(11(2)9-25)18(27)22-17-21-13-4-3-12(20)8-14(13)28-17;15-8-1-6-11-12(7-8)23-13(16-11)17-14(19)22-10-4-2-9(3-5-10)18(20)21;1-7-5-9(13-14-10(7)11)15-4-3-12-8(2)6-15;1-7-5-9(11)13-14-10(7)15-4-3-12-8(2)6-15;8-7(10)13-6-3-1-5(2-4-6)9(11)12;8-4-1-2-5-6(3-4)11-7(9)10-5/h2*3-4,7-8,11H,5-6,9H2,1-2H3,(H,21,22,27);1-7H,(H,16,17,19);2*5,8,12H,3-4,6H2,1-2H3;5-6H,1-4H2;1-3H,(H2,9,10)/t2*11-;;2*8-;;/m11.11../s1. The molecule has 7 N–H and O–H groups in total. The van der Waals surface area contributed by atoms with Crippen LogP contribution in [0.4, 0.5) is 86.2 Å². The predicted octanol–water partition coefficient (Wildman–Crippen LogP) is 18.3. The Morgan fingerprint density at radius 3 is 1.29 bits per heavy atom. The van der Waals surface area contributed by atoms with Crippen LogP contribution < -0.4 is 56.7 Å². The lowest BCUT2D eigenvalue weighted by atomic mass is 9.93. The van der Waals surface area contributed by atoms with Crippen molar-refractivity contribution < 1.29 is 56.1 Å². The van der Waals surface area contributed by atoms with Gasteiger partial charge in [-0.2, -0.15) is 0 Å². The molecule has 1 saturated carbocycles. The highest BCUT2D eigenvalue weighted by Gasteiger charge is 2.34. The number of rotatable bonds is 11. The van der Waals surface area contributed by atoms with E-state index in [9.17, 15) is 57.0 Å². The van der Waals surface area contributed by atoms with E-state index in [0.29, 0.717) is 144 Å². The molecule has 0 spiro atoms. The number of anilines is 8. The zero-order chi connectivity index (χ0) is 95.4. The maximum absolute atomic E-state index is 13.3. The number of thiazole rings is 4. The Morgan fingerprint density at radius 1 is 0.474 bits per heavy atom. The van der Waals surface area contributed by atoms with Gasteiger partial charge in [-0.1, -0.05) is 91.8 Å². The molecule has 4 aliphatic heterocycles. The maximum Gasteiger partial charge on any atom is 0.418 e. The van der Waals surface area contributed by atoms with Gasteiger partial charge in [-0.3, -0.25) is 36.2 Å². The third-order valence-electron chi connectivity index (χ3n) is 21.0. The molecule has 8 aromatic heterocycles. The average molecular weight is 2000 g/mol. The molecule has 0 unspecified atom stereocenters. The zero-order valence-corrected chi connectivity index (χ0v) is 79.5. The van der Waals surface area contributed by atoms with E-state index in [-0.39, 0.29) is 75.0 Å². The summed E-state index contributed by atoms with van der Waals surface area (Å²) >= 11 is 33.4. The highest BCUT2D eigenvalue weighted by Crippen LogP contribution is 2.34. The first-order chi connectivity index (χ1) is 63.5. The Hall–Kier alpha value is -11.9. The molecule has 49 heteroatoms. The second kappa shape index (κ2) is 46.7. The number of ether oxygens (including phenoxy) is 2. The van der Waals surface area contributed by atoms with Crippen LogP contribution in [0, 0.1) is 71.2 Å². The molecular formula is C84H89Cl5F4N26O10S4. The molecule has 18 rings (SSSR count). The number of aryl methyl sites for hydroxylation is 4. The Balaban J connectivity index is 0.000000144. The quantitative estimate of drug-likeness (QED) is 0.0303. The fraction of sp³-hybridized carbons (Fsp3) is 0.357. The SMILES string of the molecule is Cc1cc(Cl)nnc1N1CCN(C(=O)Nc2nc3ccc(F)cc3s2)[C@H](C)C1.Cc1cc(Cl)nnc1N1CCN[C@H](C)C1.Cc1cc(N2CCN(C(=O)Nc3nc4ccc(F)cc4s3)[C@H](C)C2)nnc1Cl.Cc1cc(N2CCN[C@H](C)C2)nnc1Cl.Nc1nc2ccc(F)cc2s1.O=C(Cl)OC1CCC([N+](=O)[O-])CC1.O=C(Nc1nc2ccc(F)cc2s1)Oc1ccc([N+](=O)[O-])cc1. The van der Waals surface area contributed by atoms with Crippen molar-refractivity contribution in [3.8, 4) is 5.75 Å². The smallest absolute Gasteiger partial charge is 0.418 e. The fourth-order valence-electron chi connectivity index (χ4n) is 14.4. The zero-order valence-electron chi connectivity index (χ0n) is 72.5. The first-order valence-corrected chi connectivity index (χ1v) is 46.5. The average Bonchev–Trinajstić information content (AvgIpc) is 1.77. The molecule has 5 amide bonds. The van der Waals surface area contributed by atoms with Crippen LogP contribution in [0.15, 0.2) is 121 Å². The molecular weight excluding hydrogens is 1910 g/mol. The van der Waals surface area contributed by atoms with Crippen molar-refractivity contribution in [2.75, 3.05) is 120 Å². The van der Waals surface area contributed by atoms with E-state index in [1.54, 1.807) is 34.1 Å². The minimum Gasteiger partial charge on any atom is -0.450 e. The van der Waals surface area contributed by atoms with Gasteiger partial charge in [0.05, 0.1) is 45.8 Å². The number of hydrogen-bond donors (Lipinski definition) is 6. The first-order valence-electron chi connectivity index (χ1n) is 41.3. The number of urea groups is 2. The number of nitrogen functional groups attached to an aromatic ring is 1. The molecule has 702 valence electrons. The van der Waals surface area contributed by atoms with Crippen molar-refractivity contribution in [1.82, 2.24) is 81.2 Å². The Kier molecular flexibility index (Phi) is 35.2. The number of nitrogens with two attached hydrogens (primary N) is 1. The summed E-state index contributed by atoms with van der Waals surface area (Å²) in [5.41, 5.74) is 11.0. The van der Waals surface area contributed by atoms with Crippen LogP contribution in [0.1, 0.15) is 75.6 Å². The van der Waals surface area contributed by atoms with Crippen LogP contribution in [0.5, 0.6) is 5.75 Å². The summed E-state index contributed by atoms with van der Waals surface area (Å²) in [5.74, 6) is 2.28. The van der Waals surface area contributed by atoms with Gasteiger partial charge in [0.1, 0.15) is 35.1 Å². The maximum atomic E-state index is 13.3. The summed E-state index contributed by atoms with van der Waals surface area (Å²) in [7, 11) is 0. The summed E-state index contributed by atoms with van der Waals surface area (Å²) in [5, 5.41) is 71.4. The molecule has 5 aromatic carbocycles. The van der Waals surface area contributed by atoms with E-state index >= 15 is 0 Å². The number of nitrogens with zero attached hydrogens (tertiary/aromatic N) is 20. The molecule has 133 heavy (non-hydrogen) atoms. The Bertz CT molecular complexity index is 6300. The number of nitro benzene ring substituents is 1. The van der Waals surface area contributed by atoms with Gasteiger partial charge in [-0.05, 0) is 200 Å². The molecule has 4 atom stereocenters. The van der Waals surface area contributed by atoms with E-state index in [1.807, 2.05) is 59.7 Å². The van der Waals surface area contributed by atoms with Gasteiger partial charge in [0.2, 0.25) is 6.04 Å². The number of halogens is 9. The normalized spacial score (nSPS) is 17.6. The number of aromatic nitrogens is 12. The monoisotopic (exact) mass is 2000 g/mol. The largest absolute Gasteiger partial charge is 0.450 e. The van der Waals surface area contributed by atoms with Gasteiger partial charge in [0.15, 0.2) is 64.4 Å². The van der Waals surface area contributed by atoms with Crippen molar-refractivity contribution >= 4 is 217 Å². The summed E-state index contributed by atoms with van der Waals surface area (Å²) in [6.07, 6.45) is 0.956. The summed E-state index contributed by atoms with van der Waals surface area (Å²) in [4.78, 5) is 96.6. The fourth-order valence-corrected chi connectivity index (χ4v) is 18.5. The van der Waals surface area contributed by atoms with E-state index in [2.05, 4.69) is 121 Å². The number of fused-ring (bicyclic) bond motifs is 4. The molecule has 5 aliphatic rings. The third-order valence-corrected chi connectivity index (χ3v) is 25.8. The van der Waals surface area contributed by atoms with Crippen molar-refractivity contribution in [3.05, 3.63) is 208 Å². The van der Waals surface area contributed by atoms with Gasteiger partial charge in [-0.25, -0.2) is 56.7 Å². The van der Waals surface area contributed by atoms with Gasteiger partial charge in [0, 0.05) is 144 Å². The minimum atomic E-state index is -0.829. The number of nitro groups is 2. The molecule has 0 radical (unpaired) electrons. The molecule has 5 fully saturated rings. The van der Waals surface area contributed by atoms with E-state index in [0.717, 1.165) is 106 Å². The molecule has 12 heterocycles. The van der Waals surface area contributed by atoms with Crippen LogP contribution in [-0.2, 0) is 4.74 Å². The number of nitrogens with one attached hydrogen (secondary N) is 5. The van der Waals surface area contributed by atoms with Crippen LogP contribution in [0.25, 0.3) is 40.9 Å². The number of amides is 5. The van der Waals surface area contributed by atoms with Gasteiger partial charge < -0.3 is 55.2 Å². The second-order valence-electron chi connectivity index (χ2n) is 31.0. The third kappa shape index (κ3) is 28.6. The lowest BCUT2D eigenvalue weighted by Crippen LogP contribution is -2.55. The summed E-state index contributed by atoms with van der Waals surface area (Å²) in [6, 6.07) is 29.9. The predicted molar refractivity (Wildman–Crippen MR) is 512 cm³/mol. The van der Waals surface area contributed by atoms with Crippen LogP contribution >= 0.6 is 103 Å². The molecule has 0 bridgehead atoms. The van der Waals surface area contributed by atoms with Gasteiger partial charge in [-0.15, -0.1) is 40.8 Å². The van der Waals surface area contributed by atoms with Crippen molar-refractivity contribution in [2.24, 2.45) is 0 Å². The lowest BCUT2D eigenvalue weighted by molar-refractivity contribution is -0.527. The molecule has 4 saturated heterocycles. The van der Waals surface area contributed by atoms with Crippen LogP contribution in [0.2, 0.25) is 20.6 Å². The van der Waals surface area contributed by atoms with Crippen LogP contribution in [-0.4, -0.2) is 219 Å². The lowest BCUT2D eigenvalue weighted by Gasteiger charge is -2.40. The molecule has 36 nitrogen and oxygen atoms in total. The minimum absolute atomic E-state index is 0.0293. The first kappa shape index (κ1) is 100. The molecule has 13 aromatic rings. The van der Waals surface area contributed by atoms with Crippen molar-refractivity contribution in [3.63, 3.8) is 0 Å². The number of non-ortho nitro benzene ring substituents is 1. The molecule has 1 aliphatic carbocycles. The van der Waals surface area contributed by atoms with E-state index < -0.39 is 22.5 Å². The number of hydrogen-bond acceptors (Lipinski definition) is 33. The second-order valence-corrected chi connectivity index (χ2v) is 37.0. The number of benzene rings is 5. The Labute approximate surface area is 799 Å². The van der Waals surface area contributed by atoms with E-state index in [4.69, 9.17) is 73.2 Å².